The first-order chi connectivity index (χ1) is 9.08. The zero-order chi connectivity index (χ0) is 14.1. The van der Waals surface area contributed by atoms with Crippen LogP contribution >= 0.6 is 0 Å². The lowest BCUT2D eigenvalue weighted by molar-refractivity contribution is -0.145. The molecule has 0 amide bonds. The van der Waals surface area contributed by atoms with E-state index in [0.717, 1.165) is 32.5 Å². The summed E-state index contributed by atoms with van der Waals surface area (Å²) in [5.74, 6) is -0.246. The quantitative estimate of drug-likeness (QED) is 0.625. The van der Waals surface area contributed by atoms with Crippen molar-refractivity contribution in [3.05, 3.63) is 0 Å². The van der Waals surface area contributed by atoms with Crippen LogP contribution in [-0.4, -0.2) is 49.6 Å². The molecular weight excluding hydrogens is 246 g/mol. The van der Waals surface area contributed by atoms with Crippen LogP contribution in [0.5, 0.6) is 0 Å². The fourth-order valence-corrected chi connectivity index (χ4v) is 2.11. The monoisotopic (exact) mass is 273 g/mol. The molecule has 1 rings (SSSR count). The van der Waals surface area contributed by atoms with Gasteiger partial charge in [-0.15, -0.1) is 0 Å². The molecule has 0 spiro atoms. The first-order valence-corrected chi connectivity index (χ1v) is 7.22. The van der Waals surface area contributed by atoms with Crippen LogP contribution in [0.3, 0.4) is 0 Å². The molecule has 0 aromatic carbocycles. The number of carboxylic acid groups (broad SMARTS) is 1. The topological polar surface area (TPSA) is 67.8 Å². The van der Waals surface area contributed by atoms with Gasteiger partial charge in [0.25, 0.3) is 0 Å². The van der Waals surface area contributed by atoms with E-state index in [1.54, 1.807) is 6.92 Å². The van der Waals surface area contributed by atoms with Gasteiger partial charge < -0.3 is 19.9 Å². The maximum Gasteiger partial charge on any atom is 0.323 e. The molecule has 1 heterocycles. The number of nitrogens with one attached hydrogen (secondary N) is 1. The second-order valence-electron chi connectivity index (χ2n) is 5.44. The van der Waals surface area contributed by atoms with Crippen LogP contribution in [0.2, 0.25) is 0 Å². The van der Waals surface area contributed by atoms with E-state index in [-0.39, 0.29) is 0 Å². The maximum atomic E-state index is 11.3. The van der Waals surface area contributed by atoms with Crippen molar-refractivity contribution in [2.45, 2.75) is 45.1 Å². The molecule has 0 radical (unpaired) electrons. The Bertz CT molecular complexity index is 266. The number of carbonyl (C=O) groups is 1. The smallest absolute Gasteiger partial charge is 0.323 e. The van der Waals surface area contributed by atoms with Crippen LogP contribution in [0.1, 0.15) is 39.5 Å². The third-order valence-electron chi connectivity index (χ3n) is 3.68. The van der Waals surface area contributed by atoms with Gasteiger partial charge >= 0.3 is 5.97 Å². The molecule has 0 aromatic heterocycles. The van der Waals surface area contributed by atoms with E-state index in [2.05, 4.69) is 5.32 Å². The lowest BCUT2D eigenvalue weighted by Gasteiger charge is -2.27. The highest BCUT2D eigenvalue weighted by molar-refractivity contribution is 5.78. The van der Waals surface area contributed by atoms with E-state index in [0.29, 0.717) is 32.1 Å². The fourth-order valence-electron chi connectivity index (χ4n) is 2.11. The minimum absolute atomic E-state index is 0.483. The van der Waals surface area contributed by atoms with E-state index in [1.165, 1.54) is 0 Å². The van der Waals surface area contributed by atoms with Gasteiger partial charge in [0.2, 0.25) is 0 Å². The summed E-state index contributed by atoms with van der Waals surface area (Å²) in [4.78, 5) is 11.3. The average Bonchev–Trinajstić information content (AvgIpc) is 2.42. The third-order valence-corrected chi connectivity index (χ3v) is 3.68. The zero-order valence-corrected chi connectivity index (χ0v) is 12.1. The SMILES string of the molecule is CCCNC(C)(CCOCC1CCOCC1)C(=O)O. The molecule has 19 heavy (non-hydrogen) atoms. The van der Waals surface area contributed by atoms with Gasteiger partial charge in [0.15, 0.2) is 0 Å². The first kappa shape index (κ1) is 16.4. The normalized spacial score (nSPS) is 20.1. The van der Waals surface area contributed by atoms with E-state index >= 15 is 0 Å². The molecule has 1 saturated heterocycles. The Morgan fingerprint density at radius 3 is 2.74 bits per heavy atom. The molecular formula is C14H27NO4. The molecule has 0 aromatic rings. The summed E-state index contributed by atoms with van der Waals surface area (Å²) in [5, 5.41) is 12.4. The summed E-state index contributed by atoms with van der Waals surface area (Å²) in [6, 6.07) is 0. The summed E-state index contributed by atoms with van der Waals surface area (Å²) in [5.41, 5.74) is -0.883. The van der Waals surface area contributed by atoms with Crippen molar-refractivity contribution in [2.24, 2.45) is 5.92 Å². The van der Waals surface area contributed by atoms with Crippen LogP contribution in [0.25, 0.3) is 0 Å². The fraction of sp³-hybridized carbons (Fsp3) is 0.929. The number of rotatable bonds is 9. The molecule has 1 atom stereocenters. The van der Waals surface area contributed by atoms with E-state index < -0.39 is 11.5 Å². The molecule has 2 N–H and O–H groups in total. The largest absolute Gasteiger partial charge is 0.480 e. The molecule has 1 aliphatic heterocycles. The van der Waals surface area contributed by atoms with Crippen molar-refractivity contribution >= 4 is 5.97 Å². The highest BCUT2D eigenvalue weighted by Gasteiger charge is 2.31. The summed E-state index contributed by atoms with van der Waals surface area (Å²) < 4.78 is 10.9. The zero-order valence-electron chi connectivity index (χ0n) is 12.1. The number of hydrogen-bond acceptors (Lipinski definition) is 4. The van der Waals surface area contributed by atoms with Crippen LogP contribution in [0.15, 0.2) is 0 Å². The van der Waals surface area contributed by atoms with Gasteiger partial charge in [0.1, 0.15) is 5.54 Å². The van der Waals surface area contributed by atoms with Crippen molar-refractivity contribution in [1.29, 1.82) is 0 Å². The lowest BCUT2D eigenvalue weighted by Crippen LogP contribution is -2.50. The Labute approximate surface area is 115 Å². The highest BCUT2D eigenvalue weighted by atomic mass is 16.5. The van der Waals surface area contributed by atoms with Gasteiger partial charge in [-0.25, -0.2) is 0 Å². The summed E-state index contributed by atoms with van der Waals surface area (Å²) in [6.07, 6.45) is 3.51. The maximum absolute atomic E-state index is 11.3. The Morgan fingerprint density at radius 2 is 2.16 bits per heavy atom. The van der Waals surface area contributed by atoms with Crippen LogP contribution in [0.4, 0.5) is 0 Å². The molecule has 1 unspecified atom stereocenters. The van der Waals surface area contributed by atoms with Crippen molar-refractivity contribution in [3.8, 4) is 0 Å². The highest BCUT2D eigenvalue weighted by Crippen LogP contribution is 2.16. The molecule has 0 bridgehead atoms. The van der Waals surface area contributed by atoms with Crippen molar-refractivity contribution < 1.29 is 19.4 Å². The molecule has 1 fully saturated rings. The van der Waals surface area contributed by atoms with Crippen molar-refractivity contribution in [3.63, 3.8) is 0 Å². The van der Waals surface area contributed by atoms with Crippen LogP contribution < -0.4 is 5.32 Å². The van der Waals surface area contributed by atoms with E-state index in [9.17, 15) is 9.90 Å². The van der Waals surface area contributed by atoms with Gasteiger partial charge in [-0.2, -0.15) is 0 Å². The van der Waals surface area contributed by atoms with Crippen molar-refractivity contribution in [1.82, 2.24) is 5.32 Å². The van der Waals surface area contributed by atoms with E-state index in [1.807, 2.05) is 6.92 Å². The summed E-state index contributed by atoms with van der Waals surface area (Å²) in [6.45, 7) is 7.30. The predicted octanol–water partition coefficient (Wildman–Crippen LogP) is 1.66. The van der Waals surface area contributed by atoms with E-state index in [4.69, 9.17) is 9.47 Å². The lowest BCUT2D eigenvalue weighted by atomic mass is 9.98. The van der Waals surface area contributed by atoms with Gasteiger partial charge in [0, 0.05) is 26.4 Å². The van der Waals surface area contributed by atoms with Gasteiger partial charge in [-0.1, -0.05) is 6.92 Å². The standard InChI is InChI=1S/C14H27NO4/c1-3-7-15-14(2,13(16)17)6-10-19-11-12-4-8-18-9-5-12/h12,15H,3-11H2,1-2H3,(H,16,17). The number of hydrogen-bond donors (Lipinski definition) is 2. The summed E-state index contributed by atoms with van der Waals surface area (Å²) >= 11 is 0. The number of aliphatic carboxylic acids is 1. The first-order valence-electron chi connectivity index (χ1n) is 7.22. The Balaban J connectivity index is 2.22. The van der Waals surface area contributed by atoms with Gasteiger partial charge in [0.05, 0.1) is 0 Å². The molecule has 112 valence electrons. The molecule has 1 aliphatic rings. The molecule has 0 aliphatic carbocycles. The van der Waals surface area contributed by atoms with Crippen molar-refractivity contribution in [2.75, 3.05) is 33.0 Å². The predicted molar refractivity (Wildman–Crippen MR) is 73.3 cm³/mol. The Hall–Kier alpha value is -0.650. The van der Waals surface area contributed by atoms with Gasteiger partial charge in [-0.05, 0) is 45.1 Å². The molecule has 0 saturated carbocycles. The van der Waals surface area contributed by atoms with Crippen LogP contribution in [-0.2, 0) is 14.3 Å². The average molecular weight is 273 g/mol. The summed E-state index contributed by atoms with van der Waals surface area (Å²) in [7, 11) is 0. The molecule has 5 heteroatoms. The molecule has 5 nitrogen and oxygen atoms in total. The number of ether oxygens (including phenoxy) is 2. The second kappa shape index (κ2) is 8.51. The Morgan fingerprint density at radius 1 is 1.47 bits per heavy atom. The second-order valence-corrected chi connectivity index (χ2v) is 5.44. The minimum Gasteiger partial charge on any atom is -0.480 e. The van der Waals surface area contributed by atoms with Crippen LogP contribution in [0, 0.1) is 5.92 Å². The minimum atomic E-state index is -0.883. The third kappa shape index (κ3) is 5.89. The Kier molecular flexibility index (Phi) is 7.34. The van der Waals surface area contributed by atoms with Gasteiger partial charge in [-0.3, -0.25) is 4.79 Å². The number of carboxylic acids is 1.